The lowest BCUT2D eigenvalue weighted by atomic mass is 10.2. The first-order valence-corrected chi connectivity index (χ1v) is 9.21. The Hall–Kier alpha value is -2.19. The Morgan fingerprint density at radius 2 is 1.92 bits per heavy atom. The summed E-state index contributed by atoms with van der Waals surface area (Å²) >= 11 is 0. The molecule has 3 heterocycles. The molecule has 0 unspecified atom stereocenters. The van der Waals surface area contributed by atoms with Crippen molar-refractivity contribution < 1.29 is 13.2 Å². The Balaban J connectivity index is 1.73. The van der Waals surface area contributed by atoms with E-state index in [1.54, 1.807) is 12.1 Å². The smallest absolute Gasteiger partial charge is 0.263 e. The first-order valence-electron chi connectivity index (χ1n) is 7.73. The number of sulfonamides is 1. The number of rotatable bonds is 4. The van der Waals surface area contributed by atoms with E-state index < -0.39 is 10.0 Å². The van der Waals surface area contributed by atoms with Gasteiger partial charge in [0.2, 0.25) is 0 Å². The van der Waals surface area contributed by atoms with Crippen LogP contribution >= 0.6 is 0 Å². The van der Waals surface area contributed by atoms with Crippen LogP contribution in [-0.4, -0.2) is 43.7 Å². The summed E-state index contributed by atoms with van der Waals surface area (Å²) in [4.78, 5) is 10.5. The van der Waals surface area contributed by atoms with E-state index in [0.717, 1.165) is 18.9 Å². The van der Waals surface area contributed by atoms with Gasteiger partial charge in [-0.3, -0.25) is 9.71 Å². The largest absolute Gasteiger partial charge is 0.372 e. The number of ether oxygens (including phenoxy) is 1. The Morgan fingerprint density at radius 1 is 1.17 bits per heavy atom. The van der Waals surface area contributed by atoms with E-state index in [0.29, 0.717) is 5.69 Å². The molecule has 0 spiro atoms. The minimum atomic E-state index is -3.65. The van der Waals surface area contributed by atoms with Crippen molar-refractivity contribution in [3.8, 4) is 0 Å². The Morgan fingerprint density at radius 3 is 2.50 bits per heavy atom. The fourth-order valence-electron chi connectivity index (χ4n) is 2.72. The van der Waals surface area contributed by atoms with E-state index in [1.807, 2.05) is 19.9 Å². The van der Waals surface area contributed by atoms with Gasteiger partial charge in [-0.05, 0) is 38.1 Å². The zero-order chi connectivity index (χ0) is 17.2. The van der Waals surface area contributed by atoms with Gasteiger partial charge in [-0.25, -0.2) is 13.4 Å². The summed E-state index contributed by atoms with van der Waals surface area (Å²) in [5, 5.41) is 0. The molecule has 1 saturated heterocycles. The molecule has 128 valence electrons. The van der Waals surface area contributed by atoms with E-state index >= 15 is 0 Å². The van der Waals surface area contributed by atoms with Crippen molar-refractivity contribution in [1.29, 1.82) is 0 Å². The molecule has 0 aromatic carbocycles. The van der Waals surface area contributed by atoms with E-state index in [9.17, 15) is 8.42 Å². The highest BCUT2D eigenvalue weighted by atomic mass is 32.2. The molecule has 0 radical (unpaired) electrons. The van der Waals surface area contributed by atoms with Gasteiger partial charge < -0.3 is 9.64 Å². The number of nitrogens with zero attached hydrogens (tertiary/aromatic N) is 3. The third kappa shape index (κ3) is 3.82. The summed E-state index contributed by atoms with van der Waals surface area (Å²) in [5.74, 6) is 0.807. The molecule has 7 nitrogen and oxygen atoms in total. The highest BCUT2D eigenvalue weighted by Gasteiger charge is 2.23. The SMILES string of the molecule is C[C@@H]1CN(c2ccc(NS(=O)(=O)c3cccnc3)cn2)C[C@@H](C)O1. The van der Waals surface area contributed by atoms with Gasteiger partial charge >= 0.3 is 0 Å². The summed E-state index contributed by atoms with van der Waals surface area (Å²) in [6, 6.07) is 6.59. The molecule has 24 heavy (non-hydrogen) atoms. The quantitative estimate of drug-likeness (QED) is 0.908. The highest BCUT2D eigenvalue weighted by Crippen LogP contribution is 2.21. The molecule has 0 amide bonds. The third-order valence-corrected chi connectivity index (χ3v) is 5.05. The standard InChI is InChI=1S/C16H20N4O3S/c1-12-10-20(11-13(2)23-12)16-6-5-14(8-18-16)19-24(21,22)15-4-3-7-17-9-15/h3-9,12-13,19H,10-11H2,1-2H3/t12-,13-/m1/s1. The van der Waals surface area contributed by atoms with Crippen molar-refractivity contribution in [3.05, 3.63) is 42.9 Å². The number of hydrogen-bond acceptors (Lipinski definition) is 6. The molecular formula is C16H20N4O3S. The van der Waals surface area contributed by atoms with Crippen LogP contribution in [0, 0.1) is 0 Å². The van der Waals surface area contributed by atoms with E-state index in [4.69, 9.17) is 4.74 Å². The molecule has 3 rings (SSSR count). The van der Waals surface area contributed by atoms with Crippen molar-refractivity contribution in [2.75, 3.05) is 22.7 Å². The van der Waals surface area contributed by atoms with Crippen LogP contribution in [0.2, 0.25) is 0 Å². The maximum Gasteiger partial charge on any atom is 0.263 e. The van der Waals surface area contributed by atoms with E-state index in [2.05, 4.69) is 19.6 Å². The van der Waals surface area contributed by atoms with Crippen LogP contribution in [0.25, 0.3) is 0 Å². The average molecular weight is 348 g/mol. The number of hydrogen-bond donors (Lipinski definition) is 1. The summed E-state index contributed by atoms with van der Waals surface area (Å²) in [6.45, 7) is 5.58. The third-order valence-electron chi connectivity index (χ3n) is 3.69. The monoisotopic (exact) mass is 348 g/mol. The van der Waals surface area contributed by atoms with E-state index in [-0.39, 0.29) is 17.1 Å². The Kier molecular flexibility index (Phi) is 4.68. The zero-order valence-corrected chi connectivity index (χ0v) is 14.4. The van der Waals surface area contributed by atoms with Crippen LogP contribution in [0.1, 0.15) is 13.8 Å². The fraction of sp³-hybridized carbons (Fsp3) is 0.375. The van der Waals surface area contributed by atoms with E-state index in [1.165, 1.54) is 24.7 Å². The Bertz CT molecular complexity index is 771. The van der Waals surface area contributed by atoms with Crippen LogP contribution in [0.3, 0.4) is 0 Å². The van der Waals surface area contributed by atoms with Crippen molar-refractivity contribution in [2.45, 2.75) is 31.0 Å². The molecule has 2 aromatic rings. The van der Waals surface area contributed by atoms with Crippen LogP contribution in [0.5, 0.6) is 0 Å². The maximum absolute atomic E-state index is 12.3. The van der Waals surface area contributed by atoms with Crippen molar-refractivity contribution in [3.63, 3.8) is 0 Å². The molecule has 1 aliphatic rings. The minimum absolute atomic E-state index is 0.116. The summed E-state index contributed by atoms with van der Waals surface area (Å²) in [5.41, 5.74) is 0.414. The van der Waals surface area contributed by atoms with Gasteiger partial charge in [-0.15, -0.1) is 0 Å². The van der Waals surface area contributed by atoms with Crippen molar-refractivity contribution in [1.82, 2.24) is 9.97 Å². The lowest BCUT2D eigenvalue weighted by Gasteiger charge is -2.36. The number of pyridine rings is 2. The molecule has 2 aromatic heterocycles. The van der Waals surface area contributed by atoms with Crippen LogP contribution in [0.15, 0.2) is 47.8 Å². The molecule has 1 fully saturated rings. The van der Waals surface area contributed by atoms with Crippen LogP contribution < -0.4 is 9.62 Å². The van der Waals surface area contributed by atoms with Gasteiger partial charge in [0, 0.05) is 25.5 Å². The van der Waals surface area contributed by atoms with Crippen molar-refractivity contribution in [2.24, 2.45) is 0 Å². The first-order chi connectivity index (χ1) is 11.4. The number of morpholine rings is 1. The summed E-state index contributed by atoms with van der Waals surface area (Å²) < 4.78 is 32.8. The number of aromatic nitrogens is 2. The molecule has 0 bridgehead atoms. The fourth-order valence-corrected chi connectivity index (χ4v) is 3.72. The van der Waals surface area contributed by atoms with Gasteiger partial charge in [-0.1, -0.05) is 0 Å². The molecular weight excluding hydrogens is 328 g/mol. The Labute approximate surface area is 141 Å². The minimum Gasteiger partial charge on any atom is -0.372 e. The van der Waals surface area contributed by atoms with Gasteiger partial charge in [0.05, 0.1) is 24.1 Å². The normalized spacial score (nSPS) is 21.5. The maximum atomic E-state index is 12.3. The second kappa shape index (κ2) is 6.74. The summed E-state index contributed by atoms with van der Waals surface area (Å²) in [7, 11) is -3.65. The van der Waals surface area contributed by atoms with Gasteiger partial charge in [0.25, 0.3) is 10.0 Å². The lowest BCUT2D eigenvalue weighted by Crippen LogP contribution is -2.45. The van der Waals surface area contributed by atoms with Gasteiger partial charge in [-0.2, -0.15) is 0 Å². The molecule has 0 saturated carbocycles. The second-order valence-corrected chi connectivity index (χ2v) is 7.54. The number of anilines is 2. The molecule has 1 aliphatic heterocycles. The zero-order valence-electron chi connectivity index (χ0n) is 13.6. The second-order valence-electron chi connectivity index (χ2n) is 5.86. The number of nitrogens with one attached hydrogen (secondary N) is 1. The lowest BCUT2D eigenvalue weighted by molar-refractivity contribution is -0.00545. The highest BCUT2D eigenvalue weighted by molar-refractivity contribution is 7.92. The predicted molar refractivity (Wildman–Crippen MR) is 91.5 cm³/mol. The van der Waals surface area contributed by atoms with Crippen LogP contribution in [0.4, 0.5) is 11.5 Å². The molecule has 0 aliphatic carbocycles. The van der Waals surface area contributed by atoms with Gasteiger partial charge in [0.1, 0.15) is 10.7 Å². The van der Waals surface area contributed by atoms with Crippen molar-refractivity contribution >= 4 is 21.5 Å². The van der Waals surface area contributed by atoms with Gasteiger partial charge in [0.15, 0.2) is 0 Å². The van der Waals surface area contributed by atoms with Crippen LogP contribution in [-0.2, 0) is 14.8 Å². The predicted octanol–water partition coefficient (Wildman–Crippen LogP) is 1.89. The summed E-state index contributed by atoms with van der Waals surface area (Å²) in [6.07, 6.45) is 4.63. The first kappa shape index (κ1) is 16.7. The molecule has 8 heteroatoms. The topological polar surface area (TPSA) is 84.4 Å². The average Bonchev–Trinajstić information content (AvgIpc) is 2.55. The molecule has 2 atom stereocenters. The molecule has 1 N–H and O–H groups in total.